The first-order valence-electron chi connectivity index (χ1n) is 3.49. The monoisotopic (exact) mass is 197 g/mol. The summed E-state index contributed by atoms with van der Waals surface area (Å²) in [6, 6.07) is 4.01. The lowest BCUT2D eigenvalue weighted by Crippen LogP contribution is -1.96. The fraction of sp³-hybridized carbons (Fsp3) is 0.111. The third kappa shape index (κ3) is 2.06. The molecule has 4 heteroatoms. The number of halogens is 1. The second-order valence-electron chi connectivity index (χ2n) is 2.41. The van der Waals surface area contributed by atoms with Gasteiger partial charge in [-0.25, -0.2) is 0 Å². The fourth-order valence-electron chi connectivity index (χ4n) is 0.952. The molecule has 1 aromatic rings. The van der Waals surface area contributed by atoms with Gasteiger partial charge in [0.2, 0.25) is 6.29 Å². The molecule has 0 bridgehead atoms. The molecular formula is C9H6ClO3. The average molecular weight is 198 g/mol. The zero-order valence-corrected chi connectivity index (χ0v) is 7.28. The summed E-state index contributed by atoms with van der Waals surface area (Å²) in [7, 11) is 0. The predicted octanol–water partition coefficient (Wildman–Crippen LogP) is 1.59. The summed E-state index contributed by atoms with van der Waals surface area (Å²) in [5.74, 6) is -0.0403. The van der Waals surface area contributed by atoms with Gasteiger partial charge in [0.25, 0.3) is 0 Å². The summed E-state index contributed by atoms with van der Waals surface area (Å²) in [5.41, 5.74) is 0.549. The molecule has 0 amide bonds. The smallest absolute Gasteiger partial charge is 0.222 e. The van der Waals surface area contributed by atoms with E-state index in [0.29, 0.717) is 6.29 Å². The summed E-state index contributed by atoms with van der Waals surface area (Å²) in [5, 5.41) is 8.05. The minimum absolute atomic E-state index is 0.0403. The minimum atomic E-state index is -1.02. The number of carbonyl (C=O) groups is 1. The Bertz CT molecular complexity index is 336. The Labute approximate surface area is 79.9 Å². The van der Waals surface area contributed by atoms with Gasteiger partial charge >= 0.3 is 0 Å². The Hall–Kier alpha value is -1.35. The highest BCUT2D eigenvalue weighted by molar-refractivity contribution is 6.28. The highest BCUT2D eigenvalue weighted by Crippen LogP contribution is 2.24. The van der Waals surface area contributed by atoms with Crippen molar-refractivity contribution in [2.24, 2.45) is 0 Å². The topological polar surface area (TPSA) is 54.4 Å². The van der Waals surface area contributed by atoms with E-state index in [1.165, 1.54) is 24.5 Å². The van der Waals surface area contributed by atoms with E-state index < -0.39 is 5.38 Å². The Morgan fingerprint density at radius 2 is 2.23 bits per heavy atom. The van der Waals surface area contributed by atoms with Crippen molar-refractivity contribution >= 4 is 24.2 Å². The van der Waals surface area contributed by atoms with Gasteiger partial charge in [-0.15, -0.1) is 11.6 Å². The summed E-state index contributed by atoms with van der Waals surface area (Å²) in [6.45, 7) is 0. The molecule has 0 fully saturated rings. The van der Waals surface area contributed by atoms with Gasteiger partial charge in [-0.05, 0) is 23.8 Å². The number of phenols is 1. The van der Waals surface area contributed by atoms with Crippen LogP contribution in [0.2, 0.25) is 0 Å². The molecule has 1 atom stereocenters. The first-order chi connectivity index (χ1) is 6.19. The molecule has 1 unspecified atom stereocenters. The van der Waals surface area contributed by atoms with Crippen LogP contribution in [0.15, 0.2) is 18.2 Å². The standard InChI is InChI=1S/C9H6ClO3/c10-9(5-12)8-3-7(13)2-1-6(8)4-11/h1-4,9,13H. The minimum Gasteiger partial charge on any atom is -0.508 e. The molecule has 0 spiro atoms. The second kappa shape index (κ2) is 4.05. The number of aromatic hydroxyl groups is 1. The molecule has 3 nitrogen and oxygen atoms in total. The van der Waals surface area contributed by atoms with E-state index in [-0.39, 0.29) is 16.9 Å². The highest BCUT2D eigenvalue weighted by Gasteiger charge is 2.12. The van der Waals surface area contributed by atoms with Crippen molar-refractivity contribution in [2.45, 2.75) is 5.38 Å². The second-order valence-corrected chi connectivity index (χ2v) is 2.85. The van der Waals surface area contributed by atoms with Crippen LogP contribution in [0.1, 0.15) is 21.3 Å². The third-order valence-electron chi connectivity index (χ3n) is 1.57. The fourth-order valence-corrected chi connectivity index (χ4v) is 1.14. The van der Waals surface area contributed by atoms with Crippen molar-refractivity contribution in [3.8, 4) is 5.75 Å². The van der Waals surface area contributed by atoms with E-state index >= 15 is 0 Å². The van der Waals surface area contributed by atoms with Gasteiger partial charge in [-0.2, -0.15) is 0 Å². The van der Waals surface area contributed by atoms with Crippen LogP contribution in [0, 0.1) is 0 Å². The van der Waals surface area contributed by atoms with Crippen molar-refractivity contribution < 1.29 is 14.7 Å². The normalized spacial score (nSPS) is 12.1. The van der Waals surface area contributed by atoms with Crippen LogP contribution < -0.4 is 0 Å². The van der Waals surface area contributed by atoms with Crippen LogP contribution in [-0.2, 0) is 4.79 Å². The van der Waals surface area contributed by atoms with Gasteiger partial charge in [0, 0.05) is 5.56 Å². The summed E-state index contributed by atoms with van der Waals surface area (Å²) >= 11 is 5.55. The Morgan fingerprint density at radius 3 is 2.77 bits per heavy atom. The van der Waals surface area contributed by atoms with Crippen LogP contribution >= 0.6 is 11.6 Å². The number of phenolic OH excluding ortho intramolecular Hbond substituents is 1. The molecule has 67 valence electrons. The number of aldehydes is 1. The Morgan fingerprint density at radius 1 is 1.54 bits per heavy atom. The molecule has 1 N–H and O–H groups in total. The molecular weight excluding hydrogens is 192 g/mol. The third-order valence-corrected chi connectivity index (χ3v) is 1.90. The van der Waals surface area contributed by atoms with E-state index in [1.807, 2.05) is 0 Å². The zero-order chi connectivity index (χ0) is 9.84. The number of benzene rings is 1. The Kier molecular flexibility index (Phi) is 3.03. The first kappa shape index (κ1) is 9.74. The maximum atomic E-state index is 10.5. The van der Waals surface area contributed by atoms with Crippen molar-refractivity contribution in [2.75, 3.05) is 0 Å². The molecule has 0 aliphatic heterocycles. The van der Waals surface area contributed by atoms with Crippen LogP contribution in [0.5, 0.6) is 5.75 Å². The molecule has 1 radical (unpaired) electrons. The van der Waals surface area contributed by atoms with Crippen LogP contribution in [0.25, 0.3) is 0 Å². The lowest BCUT2D eigenvalue weighted by molar-refractivity contribution is 0.112. The molecule has 13 heavy (non-hydrogen) atoms. The molecule has 0 saturated carbocycles. The van der Waals surface area contributed by atoms with Gasteiger partial charge in [0.1, 0.15) is 17.4 Å². The van der Waals surface area contributed by atoms with Gasteiger partial charge in [0.15, 0.2) is 0 Å². The summed E-state index contributed by atoms with van der Waals surface area (Å²) in [6.07, 6.45) is 2.10. The number of hydrogen-bond donors (Lipinski definition) is 1. The number of rotatable bonds is 3. The van der Waals surface area contributed by atoms with Crippen molar-refractivity contribution in [1.29, 1.82) is 0 Å². The van der Waals surface area contributed by atoms with Crippen molar-refractivity contribution in [1.82, 2.24) is 0 Å². The number of hydrogen-bond acceptors (Lipinski definition) is 3. The van der Waals surface area contributed by atoms with E-state index in [0.717, 1.165) is 0 Å². The molecule has 1 rings (SSSR count). The highest BCUT2D eigenvalue weighted by atomic mass is 35.5. The predicted molar refractivity (Wildman–Crippen MR) is 47.8 cm³/mol. The van der Waals surface area contributed by atoms with E-state index in [2.05, 4.69) is 0 Å². The molecule has 0 aliphatic rings. The molecule has 0 aromatic heterocycles. The lowest BCUT2D eigenvalue weighted by atomic mass is 10.1. The van der Waals surface area contributed by atoms with Crippen LogP contribution in [0.3, 0.4) is 0 Å². The van der Waals surface area contributed by atoms with Crippen LogP contribution in [0.4, 0.5) is 0 Å². The SMILES string of the molecule is O=[C]C(Cl)c1cc(O)ccc1C=O. The Balaban J connectivity index is 3.22. The quantitative estimate of drug-likeness (QED) is 0.592. The zero-order valence-electron chi connectivity index (χ0n) is 6.53. The average Bonchev–Trinajstić information content (AvgIpc) is 2.16. The number of carbonyl (C=O) groups excluding carboxylic acids is 2. The van der Waals surface area contributed by atoms with Gasteiger partial charge in [-0.3, -0.25) is 9.59 Å². The van der Waals surface area contributed by atoms with Crippen molar-refractivity contribution in [3.05, 3.63) is 29.3 Å². The van der Waals surface area contributed by atoms with E-state index in [9.17, 15) is 9.59 Å². The number of alkyl halides is 1. The summed E-state index contributed by atoms with van der Waals surface area (Å²) < 4.78 is 0. The molecule has 0 saturated heterocycles. The maximum Gasteiger partial charge on any atom is 0.222 e. The van der Waals surface area contributed by atoms with E-state index in [1.54, 1.807) is 0 Å². The maximum absolute atomic E-state index is 10.5. The van der Waals surface area contributed by atoms with Gasteiger partial charge < -0.3 is 5.11 Å². The van der Waals surface area contributed by atoms with Crippen LogP contribution in [-0.4, -0.2) is 17.7 Å². The van der Waals surface area contributed by atoms with E-state index in [4.69, 9.17) is 16.7 Å². The lowest BCUT2D eigenvalue weighted by Gasteiger charge is -2.04. The largest absolute Gasteiger partial charge is 0.508 e. The summed E-state index contributed by atoms with van der Waals surface area (Å²) in [4.78, 5) is 20.7. The van der Waals surface area contributed by atoms with Crippen molar-refractivity contribution in [3.63, 3.8) is 0 Å². The molecule has 1 aromatic carbocycles. The van der Waals surface area contributed by atoms with Gasteiger partial charge in [-0.1, -0.05) is 0 Å². The first-order valence-corrected chi connectivity index (χ1v) is 3.92. The molecule has 0 aliphatic carbocycles. The molecule has 0 heterocycles. The van der Waals surface area contributed by atoms with Gasteiger partial charge in [0.05, 0.1) is 0 Å².